The van der Waals surface area contributed by atoms with Gasteiger partial charge in [0.2, 0.25) is 0 Å². The normalized spacial score (nSPS) is 16.6. The van der Waals surface area contributed by atoms with Crippen LogP contribution in [-0.4, -0.2) is 73.9 Å². The van der Waals surface area contributed by atoms with E-state index in [9.17, 15) is 4.79 Å². The molecule has 0 atom stereocenters. The van der Waals surface area contributed by atoms with E-state index >= 15 is 0 Å². The molecule has 0 aromatic heterocycles. The number of nitrogen functional groups attached to an aromatic ring is 2. The lowest BCUT2D eigenvalue weighted by Gasteiger charge is -2.34. The van der Waals surface area contributed by atoms with E-state index in [1.807, 2.05) is 0 Å². The fraction of sp³-hybridized carbons (Fsp3) is 0.562. The Kier molecular flexibility index (Phi) is 6.20. The third kappa shape index (κ3) is 4.57. The van der Waals surface area contributed by atoms with Crippen molar-refractivity contribution >= 4 is 17.3 Å². The number of benzene rings is 1. The van der Waals surface area contributed by atoms with Crippen molar-refractivity contribution in [3.8, 4) is 0 Å². The van der Waals surface area contributed by atoms with Gasteiger partial charge in [0, 0.05) is 57.6 Å². The van der Waals surface area contributed by atoms with Crippen molar-refractivity contribution in [3.05, 3.63) is 23.3 Å². The van der Waals surface area contributed by atoms with Crippen LogP contribution in [0, 0.1) is 0 Å². The lowest BCUT2D eigenvalue weighted by atomic mass is 10.0. The first-order chi connectivity index (χ1) is 11.0. The van der Waals surface area contributed by atoms with Crippen molar-refractivity contribution in [1.29, 1.82) is 0 Å². The maximum Gasteiger partial charge on any atom is 0.337 e. The standard InChI is InChI=1S/C16H26N4O3/c1-23-11-10-20-8-6-19(7-9-20)5-4-12-14(17)3-2-13(15(12)18)16(21)22/h2-3H,4-11,17-18H2,1H3,(H,21,22). The van der Waals surface area contributed by atoms with Crippen molar-refractivity contribution in [2.45, 2.75) is 6.42 Å². The largest absolute Gasteiger partial charge is 0.478 e. The molecule has 128 valence electrons. The Balaban J connectivity index is 1.90. The van der Waals surface area contributed by atoms with Gasteiger partial charge in [-0.05, 0) is 18.6 Å². The zero-order valence-corrected chi connectivity index (χ0v) is 13.6. The third-order valence-corrected chi connectivity index (χ3v) is 4.38. The Morgan fingerprint density at radius 1 is 1.17 bits per heavy atom. The van der Waals surface area contributed by atoms with Gasteiger partial charge in [0.25, 0.3) is 0 Å². The number of hydrogen-bond donors (Lipinski definition) is 3. The lowest BCUT2D eigenvalue weighted by molar-refractivity contribution is 0.0698. The summed E-state index contributed by atoms with van der Waals surface area (Å²) in [6.07, 6.45) is 0.664. The van der Waals surface area contributed by atoms with Gasteiger partial charge in [-0.25, -0.2) is 4.79 Å². The van der Waals surface area contributed by atoms with Gasteiger partial charge in [-0.2, -0.15) is 0 Å². The van der Waals surface area contributed by atoms with Crippen molar-refractivity contribution in [2.75, 3.05) is 64.5 Å². The SMILES string of the molecule is COCCN1CCN(CCc2c(N)ccc(C(=O)O)c2N)CC1. The van der Waals surface area contributed by atoms with Crippen LogP contribution in [0.15, 0.2) is 12.1 Å². The first-order valence-electron chi connectivity index (χ1n) is 7.86. The zero-order valence-electron chi connectivity index (χ0n) is 13.6. The quantitative estimate of drug-likeness (QED) is 0.622. The second-order valence-electron chi connectivity index (χ2n) is 5.83. The van der Waals surface area contributed by atoms with Gasteiger partial charge in [-0.3, -0.25) is 4.90 Å². The summed E-state index contributed by atoms with van der Waals surface area (Å²) in [5.74, 6) is -1.02. The molecule has 1 aromatic rings. The second-order valence-corrected chi connectivity index (χ2v) is 5.83. The van der Waals surface area contributed by atoms with E-state index in [0.29, 0.717) is 12.1 Å². The summed E-state index contributed by atoms with van der Waals surface area (Å²) < 4.78 is 5.10. The van der Waals surface area contributed by atoms with Gasteiger partial charge in [-0.1, -0.05) is 0 Å². The molecule has 0 amide bonds. The molecule has 23 heavy (non-hydrogen) atoms. The second kappa shape index (κ2) is 8.14. The van der Waals surface area contributed by atoms with Crippen LogP contribution < -0.4 is 11.5 Å². The molecular weight excluding hydrogens is 296 g/mol. The number of piperazine rings is 1. The molecule has 0 spiro atoms. The number of aromatic carboxylic acids is 1. The van der Waals surface area contributed by atoms with Gasteiger partial charge in [0.1, 0.15) is 0 Å². The van der Waals surface area contributed by atoms with E-state index in [1.165, 1.54) is 6.07 Å². The molecule has 1 aromatic carbocycles. The Morgan fingerprint density at radius 2 is 1.78 bits per heavy atom. The Hall–Kier alpha value is -1.83. The van der Waals surface area contributed by atoms with Gasteiger partial charge in [0.15, 0.2) is 0 Å². The van der Waals surface area contributed by atoms with E-state index < -0.39 is 5.97 Å². The molecule has 5 N–H and O–H groups in total. The Morgan fingerprint density at radius 3 is 2.35 bits per heavy atom. The lowest BCUT2D eigenvalue weighted by Crippen LogP contribution is -2.47. The topological polar surface area (TPSA) is 105 Å². The molecule has 0 radical (unpaired) electrons. The van der Waals surface area contributed by atoms with Gasteiger partial charge < -0.3 is 26.2 Å². The molecule has 1 aliphatic rings. The molecule has 0 unspecified atom stereocenters. The average Bonchev–Trinajstić information content (AvgIpc) is 2.53. The van der Waals surface area contributed by atoms with E-state index in [2.05, 4.69) is 9.80 Å². The number of carboxylic acid groups (broad SMARTS) is 1. The molecule has 7 heteroatoms. The van der Waals surface area contributed by atoms with Crippen molar-refractivity contribution in [3.63, 3.8) is 0 Å². The van der Waals surface area contributed by atoms with Crippen LogP contribution >= 0.6 is 0 Å². The van der Waals surface area contributed by atoms with Crippen molar-refractivity contribution < 1.29 is 14.6 Å². The minimum atomic E-state index is -1.02. The van der Waals surface area contributed by atoms with Crippen LogP contribution in [-0.2, 0) is 11.2 Å². The minimum Gasteiger partial charge on any atom is -0.478 e. The number of carbonyl (C=O) groups is 1. The van der Waals surface area contributed by atoms with Crippen LogP contribution in [0.2, 0.25) is 0 Å². The van der Waals surface area contributed by atoms with Gasteiger partial charge >= 0.3 is 5.97 Å². The number of hydrogen-bond acceptors (Lipinski definition) is 6. The maximum absolute atomic E-state index is 11.2. The average molecular weight is 322 g/mol. The van der Waals surface area contributed by atoms with Crippen LogP contribution in [0.4, 0.5) is 11.4 Å². The van der Waals surface area contributed by atoms with E-state index in [-0.39, 0.29) is 11.3 Å². The molecule has 1 saturated heterocycles. The fourth-order valence-corrected chi connectivity index (χ4v) is 2.87. The van der Waals surface area contributed by atoms with Crippen molar-refractivity contribution in [1.82, 2.24) is 9.80 Å². The number of anilines is 2. The molecular formula is C16H26N4O3. The predicted octanol–water partition coefficient (Wildman–Crippen LogP) is 0.356. The third-order valence-electron chi connectivity index (χ3n) is 4.38. The Labute approximate surface area is 136 Å². The van der Waals surface area contributed by atoms with Crippen molar-refractivity contribution in [2.24, 2.45) is 0 Å². The molecule has 7 nitrogen and oxygen atoms in total. The summed E-state index contributed by atoms with van der Waals surface area (Å²) >= 11 is 0. The monoisotopic (exact) mass is 322 g/mol. The predicted molar refractivity (Wildman–Crippen MR) is 90.7 cm³/mol. The maximum atomic E-state index is 11.2. The fourth-order valence-electron chi connectivity index (χ4n) is 2.87. The zero-order chi connectivity index (χ0) is 16.8. The molecule has 0 saturated carbocycles. The number of ether oxygens (including phenoxy) is 1. The van der Waals surface area contributed by atoms with Crippen LogP contribution in [0.1, 0.15) is 15.9 Å². The molecule has 1 aliphatic heterocycles. The van der Waals surface area contributed by atoms with Crippen LogP contribution in [0.25, 0.3) is 0 Å². The van der Waals surface area contributed by atoms with Crippen LogP contribution in [0.3, 0.4) is 0 Å². The molecule has 1 fully saturated rings. The summed E-state index contributed by atoms with van der Waals surface area (Å²) in [5, 5.41) is 9.15. The van der Waals surface area contributed by atoms with E-state index in [1.54, 1.807) is 13.2 Å². The van der Waals surface area contributed by atoms with Crippen LogP contribution in [0.5, 0.6) is 0 Å². The Bertz CT molecular complexity index is 542. The summed E-state index contributed by atoms with van der Waals surface area (Å²) in [4.78, 5) is 15.9. The number of methoxy groups -OCH3 is 1. The first-order valence-corrected chi connectivity index (χ1v) is 7.86. The highest BCUT2D eigenvalue weighted by molar-refractivity contribution is 5.95. The summed E-state index contributed by atoms with van der Waals surface area (Å²) in [6.45, 7) is 6.56. The smallest absolute Gasteiger partial charge is 0.337 e. The summed E-state index contributed by atoms with van der Waals surface area (Å²) in [7, 11) is 1.72. The summed E-state index contributed by atoms with van der Waals surface area (Å²) in [5.41, 5.74) is 13.7. The van der Waals surface area contributed by atoms with E-state index in [0.717, 1.165) is 51.4 Å². The van der Waals surface area contributed by atoms with Gasteiger partial charge in [0.05, 0.1) is 17.9 Å². The number of nitrogens with zero attached hydrogens (tertiary/aromatic N) is 2. The molecule has 1 heterocycles. The summed E-state index contributed by atoms with van der Waals surface area (Å²) in [6, 6.07) is 3.09. The molecule has 0 aliphatic carbocycles. The first kappa shape index (κ1) is 17.5. The highest BCUT2D eigenvalue weighted by atomic mass is 16.5. The highest BCUT2D eigenvalue weighted by Gasteiger charge is 2.18. The molecule has 2 rings (SSSR count). The highest BCUT2D eigenvalue weighted by Crippen LogP contribution is 2.25. The van der Waals surface area contributed by atoms with E-state index in [4.69, 9.17) is 21.3 Å². The molecule has 0 bridgehead atoms. The number of carboxylic acids is 1. The number of nitrogens with two attached hydrogens (primary N) is 2. The number of rotatable bonds is 7. The minimum absolute atomic E-state index is 0.124. The van der Waals surface area contributed by atoms with Gasteiger partial charge in [-0.15, -0.1) is 0 Å².